The van der Waals surface area contributed by atoms with E-state index in [0.717, 1.165) is 70.6 Å². The molecular weight excluding hydrogens is 612 g/mol. The molecule has 49 heavy (non-hydrogen) atoms. The summed E-state index contributed by atoms with van der Waals surface area (Å²) in [6, 6.07) is 0. The second-order valence-corrected chi connectivity index (χ2v) is 14.5. The summed E-state index contributed by atoms with van der Waals surface area (Å²) < 4.78 is 0. The molecule has 0 aliphatic heterocycles. The fourth-order valence-corrected chi connectivity index (χ4v) is 3.27. The van der Waals surface area contributed by atoms with Crippen LogP contribution in [0.5, 0.6) is 0 Å². The molecule has 0 rings (SSSR count). The molecule has 0 amide bonds. The Morgan fingerprint density at radius 2 is 0.469 bits per heavy atom. The van der Waals surface area contributed by atoms with Gasteiger partial charge in [0.25, 0.3) is 0 Å². The summed E-state index contributed by atoms with van der Waals surface area (Å²) in [4.78, 5) is 64.5. The molecule has 0 aromatic heterocycles. The van der Waals surface area contributed by atoms with Crippen LogP contribution in [0.3, 0.4) is 0 Å². The lowest BCUT2D eigenvalue weighted by atomic mass is 10.0. The molecular formula is C43H86O6. The van der Waals surface area contributed by atoms with Crippen molar-refractivity contribution in [3.05, 3.63) is 0 Å². The number of hydrogen-bond acceptors (Lipinski definition) is 6. The fourth-order valence-electron chi connectivity index (χ4n) is 3.27. The van der Waals surface area contributed by atoms with E-state index in [9.17, 15) is 28.8 Å². The Morgan fingerprint density at radius 1 is 0.286 bits per heavy atom. The lowest BCUT2D eigenvalue weighted by molar-refractivity contribution is -0.122. The third-order valence-corrected chi connectivity index (χ3v) is 7.39. The number of carbonyl (C=O) groups excluding carboxylic acids is 6. The van der Waals surface area contributed by atoms with E-state index in [1.165, 1.54) is 0 Å². The van der Waals surface area contributed by atoms with E-state index in [-0.39, 0.29) is 35.5 Å². The molecule has 0 aromatic carbocycles. The zero-order chi connectivity index (χ0) is 40.1. The number of Topliss-reactive ketones (excluding diaryl/α,β-unsaturated/α-hetero) is 6. The number of carbonyl (C=O) groups is 6. The summed E-state index contributed by atoms with van der Waals surface area (Å²) in [7, 11) is 0. The van der Waals surface area contributed by atoms with Gasteiger partial charge in [0.1, 0.15) is 34.7 Å². The topological polar surface area (TPSA) is 102 Å². The second-order valence-electron chi connectivity index (χ2n) is 14.5. The SMILES string of the molecule is CCC(=O)C(C)C.CCC(=O)C(C)C.CCCC(=O)C(C)C.CCCCC(=O)C(C)C.CCCCC(=O)C(C)C.CCCCC(=O)C(C)C. The minimum Gasteiger partial charge on any atom is -0.299 e. The molecule has 0 aliphatic carbocycles. The van der Waals surface area contributed by atoms with Crippen molar-refractivity contribution in [1.82, 2.24) is 0 Å². The monoisotopic (exact) mass is 699 g/mol. The van der Waals surface area contributed by atoms with E-state index in [1.807, 2.05) is 104 Å². The summed E-state index contributed by atoms with van der Waals surface area (Å²) in [5, 5.41) is 0. The van der Waals surface area contributed by atoms with Gasteiger partial charge in [-0.05, 0) is 25.7 Å². The predicted molar refractivity (Wildman–Crippen MR) is 213 cm³/mol. The van der Waals surface area contributed by atoms with Crippen LogP contribution >= 0.6 is 0 Å². The van der Waals surface area contributed by atoms with Crippen LogP contribution in [0, 0.1) is 35.5 Å². The molecule has 0 heterocycles. The Morgan fingerprint density at radius 3 is 0.551 bits per heavy atom. The molecule has 0 saturated heterocycles. The molecule has 6 heteroatoms. The number of rotatable bonds is 19. The second kappa shape index (κ2) is 42.2. The molecule has 0 N–H and O–H groups in total. The van der Waals surface area contributed by atoms with Gasteiger partial charge in [0.05, 0.1) is 0 Å². The molecule has 0 aliphatic rings. The third-order valence-electron chi connectivity index (χ3n) is 7.39. The van der Waals surface area contributed by atoms with Crippen molar-refractivity contribution >= 4 is 34.7 Å². The first kappa shape index (κ1) is 59.2. The van der Waals surface area contributed by atoms with Crippen LogP contribution < -0.4 is 0 Å². The van der Waals surface area contributed by atoms with Crippen LogP contribution in [0.1, 0.15) is 208 Å². The van der Waals surface area contributed by atoms with Crippen LogP contribution in [-0.4, -0.2) is 34.7 Å². The molecule has 0 aromatic rings. The van der Waals surface area contributed by atoms with Crippen molar-refractivity contribution in [2.45, 2.75) is 208 Å². The number of ketones is 6. The van der Waals surface area contributed by atoms with Gasteiger partial charge in [-0.15, -0.1) is 0 Å². The normalized spacial score (nSPS) is 10.0. The standard InChI is InChI=1S/3C8H16O.C7H14O.2C6H12O/c3*1-4-5-6-8(9)7(2)3;1-4-5-7(8)6(2)3;2*1-4-6(7)5(2)3/h3*7H,4-6H2,1-3H3;6H,4-5H2,1-3H3;2*5H,4H2,1-3H3. The van der Waals surface area contributed by atoms with Gasteiger partial charge < -0.3 is 0 Å². The summed E-state index contributed by atoms with van der Waals surface area (Å²) in [6.45, 7) is 35.4. The lowest BCUT2D eigenvalue weighted by Crippen LogP contribution is -2.05. The first-order chi connectivity index (χ1) is 22.6. The van der Waals surface area contributed by atoms with Gasteiger partial charge in [0.15, 0.2) is 0 Å². The zero-order valence-corrected chi connectivity index (χ0v) is 36.1. The summed E-state index contributed by atoms with van der Waals surface area (Å²) in [5.74, 6) is 3.66. The van der Waals surface area contributed by atoms with Gasteiger partial charge in [-0.25, -0.2) is 0 Å². The molecule has 0 bridgehead atoms. The van der Waals surface area contributed by atoms with Gasteiger partial charge in [-0.2, -0.15) is 0 Å². The smallest absolute Gasteiger partial charge is 0.135 e. The maximum Gasteiger partial charge on any atom is 0.135 e. The maximum absolute atomic E-state index is 10.9. The number of unbranched alkanes of at least 4 members (excludes halogenated alkanes) is 3. The quantitative estimate of drug-likeness (QED) is 0.133. The summed E-state index contributed by atoms with van der Waals surface area (Å²) in [5.41, 5.74) is 0. The third kappa shape index (κ3) is 53.0. The van der Waals surface area contributed by atoms with Crippen LogP contribution in [0.2, 0.25) is 0 Å². The molecule has 6 nitrogen and oxygen atoms in total. The van der Waals surface area contributed by atoms with Crippen LogP contribution in [0.15, 0.2) is 0 Å². The molecule has 0 atom stereocenters. The van der Waals surface area contributed by atoms with E-state index in [0.29, 0.717) is 47.5 Å². The average Bonchev–Trinajstić information content (AvgIpc) is 3.05. The van der Waals surface area contributed by atoms with Crippen molar-refractivity contribution in [2.24, 2.45) is 35.5 Å². The minimum absolute atomic E-state index is 0.227. The van der Waals surface area contributed by atoms with Crippen molar-refractivity contribution in [3.63, 3.8) is 0 Å². The van der Waals surface area contributed by atoms with Gasteiger partial charge in [0, 0.05) is 74.0 Å². The largest absolute Gasteiger partial charge is 0.299 e. The summed E-state index contributed by atoms with van der Waals surface area (Å²) in [6.07, 6.45) is 11.9. The summed E-state index contributed by atoms with van der Waals surface area (Å²) >= 11 is 0. The highest BCUT2D eigenvalue weighted by atomic mass is 16.1. The van der Waals surface area contributed by atoms with Crippen molar-refractivity contribution in [2.75, 3.05) is 0 Å². The first-order valence-corrected chi connectivity index (χ1v) is 19.7. The molecule has 0 saturated carbocycles. The Labute approximate surface area is 306 Å². The van der Waals surface area contributed by atoms with E-state index >= 15 is 0 Å². The Bertz CT molecular complexity index is 726. The van der Waals surface area contributed by atoms with Gasteiger partial charge >= 0.3 is 0 Å². The van der Waals surface area contributed by atoms with E-state index in [2.05, 4.69) is 20.8 Å². The van der Waals surface area contributed by atoms with Gasteiger partial charge in [0.2, 0.25) is 0 Å². The van der Waals surface area contributed by atoms with E-state index < -0.39 is 0 Å². The van der Waals surface area contributed by atoms with Crippen LogP contribution in [0.4, 0.5) is 0 Å². The highest BCUT2D eigenvalue weighted by Gasteiger charge is 2.06. The van der Waals surface area contributed by atoms with Crippen molar-refractivity contribution in [3.8, 4) is 0 Å². The van der Waals surface area contributed by atoms with Crippen LogP contribution in [-0.2, 0) is 28.8 Å². The first-order valence-electron chi connectivity index (χ1n) is 19.7. The van der Waals surface area contributed by atoms with Crippen molar-refractivity contribution < 1.29 is 28.8 Å². The maximum atomic E-state index is 10.9. The van der Waals surface area contributed by atoms with Crippen LogP contribution in [0.25, 0.3) is 0 Å². The van der Waals surface area contributed by atoms with E-state index in [1.54, 1.807) is 0 Å². The molecule has 0 unspecified atom stereocenters. The highest BCUT2D eigenvalue weighted by Crippen LogP contribution is 2.05. The molecule has 0 fully saturated rings. The van der Waals surface area contributed by atoms with Gasteiger partial charge in [-0.3, -0.25) is 28.8 Å². The lowest BCUT2D eigenvalue weighted by Gasteiger charge is -2.00. The zero-order valence-electron chi connectivity index (χ0n) is 36.1. The van der Waals surface area contributed by atoms with Gasteiger partial charge in [-0.1, -0.05) is 144 Å². The Hall–Kier alpha value is -1.98. The average molecular weight is 699 g/mol. The molecule has 0 radical (unpaired) electrons. The van der Waals surface area contributed by atoms with E-state index in [4.69, 9.17) is 0 Å². The molecule has 294 valence electrons. The number of hydrogen-bond donors (Lipinski definition) is 0. The molecule has 0 spiro atoms. The Kier molecular flexibility index (Phi) is 51.0. The minimum atomic E-state index is 0.227. The Balaban J connectivity index is -0.000000114. The fraction of sp³-hybridized carbons (Fsp3) is 0.860. The predicted octanol–water partition coefficient (Wildman–Crippen LogP) is 12.5. The highest BCUT2D eigenvalue weighted by molar-refractivity contribution is 5.81. The van der Waals surface area contributed by atoms with Crippen molar-refractivity contribution in [1.29, 1.82) is 0 Å².